The molecule has 0 N–H and O–H groups in total. The van der Waals surface area contributed by atoms with E-state index in [0.29, 0.717) is 60.9 Å². The first-order valence-corrected chi connectivity index (χ1v) is 10.7. The van der Waals surface area contributed by atoms with Crippen LogP contribution in [0.2, 0.25) is 0 Å². The minimum Gasteiger partial charge on any atom is -0.444 e. The molecule has 0 spiro atoms. The summed E-state index contributed by atoms with van der Waals surface area (Å²) in [5, 5.41) is 0. The lowest BCUT2D eigenvalue weighted by atomic mass is 9.64. The quantitative estimate of drug-likeness (QED) is 0.716. The summed E-state index contributed by atoms with van der Waals surface area (Å²) in [6.07, 6.45) is 7.48. The predicted molar refractivity (Wildman–Crippen MR) is 103 cm³/mol. The number of Topliss-reactive ketones (excluding diaryl/α,β-unsaturated/α-hetero) is 2. The molecule has 1 heterocycles. The Morgan fingerprint density at radius 2 is 1.33 bits per heavy atom. The van der Waals surface area contributed by atoms with Crippen molar-refractivity contribution in [2.45, 2.75) is 84.2 Å². The molecule has 0 aromatic carbocycles. The van der Waals surface area contributed by atoms with Crippen LogP contribution < -0.4 is 0 Å². The monoisotopic (exact) mass is 377 g/mol. The van der Waals surface area contributed by atoms with Crippen molar-refractivity contribution < 1.29 is 19.1 Å². The first kappa shape index (κ1) is 20.3. The number of hydrogen-bond donors (Lipinski definition) is 0. The Labute approximate surface area is 163 Å². The smallest absolute Gasteiger partial charge is 0.410 e. The lowest BCUT2D eigenvalue weighted by Crippen LogP contribution is -2.50. The molecule has 5 heteroatoms. The Morgan fingerprint density at radius 3 is 1.81 bits per heavy atom. The van der Waals surface area contributed by atoms with E-state index in [1.807, 2.05) is 25.7 Å². The zero-order valence-corrected chi connectivity index (χ0v) is 17.2. The van der Waals surface area contributed by atoms with Gasteiger partial charge in [0.05, 0.1) is 0 Å². The molecule has 5 nitrogen and oxygen atoms in total. The fourth-order valence-corrected chi connectivity index (χ4v) is 5.36. The normalized spacial score (nSPS) is 29.1. The van der Waals surface area contributed by atoms with Crippen molar-refractivity contribution >= 4 is 17.7 Å². The van der Waals surface area contributed by atoms with Crippen LogP contribution in [0.5, 0.6) is 0 Å². The minimum absolute atomic E-state index is 0.211. The van der Waals surface area contributed by atoms with Crippen LogP contribution >= 0.6 is 0 Å². The summed E-state index contributed by atoms with van der Waals surface area (Å²) in [7, 11) is 0. The highest BCUT2D eigenvalue weighted by Crippen LogP contribution is 2.44. The molecule has 3 aliphatic rings. The molecule has 1 saturated heterocycles. The van der Waals surface area contributed by atoms with Gasteiger partial charge in [0.15, 0.2) is 0 Å². The molecule has 1 amide bonds. The van der Waals surface area contributed by atoms with E-state index in [2.05, 4.69) is 0 Å². The number of nitrogens with zero attached hydrogens (tertiary/aromatic N) is 1. The van der Waals surface area contributed by atoms with Crippen molar-refractivity contribution in [3.8, 4) is 0 Å². The minimum atomic E-state index is -0.482. The molecule has 0 radical (unpaired) electrons. The van der Waals surface area contributed by atoms with E-state index in [4.69, 9.17) is 4.74 Å². The molecule has 1 aliphatic heterocycles. The average molecular weight is 378 g/mol. The molecule has 152 valence electrons. The lowest BCUT2D eigenvalue weighted by molar-refractivity contribution is -0.123. The van der Waals surface area contributed by atoms with Gasteiger partial charge in [0.1, 0.15) is 17.2 Å². The maximum atomic E-state index is 12.6. The first-order valence-electron chi connectivity index (χ1n) is 10.7. The van der Waals surface area contributed by atoms with Crippen LogP contribution in [0, 0.1) is 23.7 Å². The van der Waals surface area contributed by atoms with E-state index >= 15 is 0 Å². The third kappa shape index (κ3) is 5.32. The van der Waals surface area contributed by atoms with Crippen LogP contribution in [0.15, 0.2) is 0 Å². The van der Waals surface area contributed by atoms with Crippen molar-refractivity contribution in [3.05, 3.63) is 0 Å². The van der Waals surface area contributed by atoms with E-state index in [-0.39, 0.29) is 6.09 Å². The number of carbonyl (C=O) groups is 3. The van der Waals surface area contributed by atoms with Crippen LogP contribution in [0.3, 0.4) is 0 Å². The van der Waals surface area contributed by atoms with Crippen molar-refractivity contribution in [1.82, 2.24) is 4.90 Å². The van der Waals surface area contributed by atoms with E-state index in [1.54, 1.807) is 0 Å². The number of hydrogen-bond acceptors (Lipinski definition) is 4. The number of rotatable bonds is 2. The van der Waals surface area contributed by atoms with Crippen LogP contribution in [-0.4, -0.2) is 41.3 Å². The maximum Gasteiger partial charge on any atom is 0.410 e. The highest BCUT2D eigenvalue weighted by molar-refractivity contribution is 5.79. The molecule has 2 aliphatic carbocycles. The zero-order valence-electron chi connectivity index (χ0n) is 17.2. The molecule has 2 saturated carbocycles. The van der Waals surface area contributed by atoms with Crippen LogP contribution in [0.1, 0.15) is 78.6 Å². The van der Waals surface area contributed by atoms with E-state index in [9.17, 15) is 14.4 Å². The molecule has 3 rings (SSSR count). The van der Waals surface area contributed by atoms with E-state index < -0.39 is 5.60 Å². The van der Waals surface area contributed by atoms with Crippen LogP contribution in [0.25, 0.3) is 0 Å². The van der Waals surface area contributed by atoms with Crippen molar-refractivity contribution in [2.75, 3.05) is 13.1 Å². The van der Waals surface area contributed by atoms with Crippen LogP contribution in [0.4, 0.5) is 4.79 Å². The Hall–Kier alpha value is -1.39. The molecule has 0 aromatic rings. The Morgan fingerprint density at radius 1 is 0.852 bits per heavy atom. The van der Waals surface area contributed by atoms with Gasteiger partial charge in [-0.25, -0.2) is 4.79 Å². The third-order valence-electron chi connectivity index (χ3n) is 6.75. The number of ketones is 2. The Kier molecular flexibility index (Phi) is 6.27. The van der Waals surface area contributed by atoms with Gasteiger partial charge in [-0.3, -0.25) is 9.59 Å². The highest BCUT2D eigenvalue weighted by atomic mass is 16.6. The zero-order chi connectivity index (χ0) is 19.6. The van der Waals surface area contributed by atoms with Crippen molar-refractivity contribution in [1.29, 1.82) is 0 Å². The molecule has 2 atom stereocenters. The van der Waals surface area contributed by atoms with Crippen LogP contribution in [-0.2, 0) is 14.3 Å². The third-order valence-corrected chi connectivity index (χ3v) is 6.75. The number of likely N-dealkylation sites (tertiary alicyclic amines) is 1. The second-order valence-corrected chi connectivity index (χ2v) is 9.79. The largest absolute Gasteiger partial charge is 0.444 e. The highest BCUT2D eigenvalue weighted by Gasteiger charge is 2.42. The molecule has 0 bridgehead atoms. The summed E-state index contributed by atoms with van der Waals surface area (Å²) >= 11 is 0. The maximum absolute atomic E-state index is 12.6. The molecule has 3 fully saturated rings. The van der Waals surface area contributed by atoms with Crippen molar-refractivity contribution in [3.63, 3.8) is 0 Å². The first-order chi connectivity index (χ1) is 12.7. The Bertz CT molecular complexity index is 559. The molecular weight excluding hydrogens is 342 g/mol. The second kappa shape index (κ2) is 8.32. The fraction of sp³-hybridized carbons (Fsp3) is 0.864. The molecule has 27 heavy (non-hydrogen) atoms. The standard InChI is InChI=1S/C22H35NO4/c1-22(2,3)27-21(26)23-13-12-19(15-4-8-17(24)9-5-15)20(14-23)16-6-10-18(25)11-7-16/h15-16,19-20H,4-14H2,1-3H3. The van der Waals surface area contributed by atoms with Gasteiger partial charge in [-0.2, -0.15) is 0 Å². The SMILES string of the molecule is CC(C)(C)OC(=O)N1CCC(C2CCC(=O)CC2)C(C2CCC(=O)CC2)C1. The molecule has 0 aromatic heterocycles. The van der Waals surface area contributed by atoms with E-state index in [0.717, 1.165) is 45.2 Å². The summed E-state index contributed by atoms with van der Waals surface area (Å²) in [5.74, 6) is 2.87. The Balaban J connectivity index is 1.71. The summed E-state index contributed by atoms with van der Waals surface area (Å²) in [4.78, 5) is 37.9. The molecule has 2 unspecified atom stereocenters. The number of amides is 1. The van der Waals surface area contributed by atoms with Gasteiger partial charge >= 0.3 is 6.09 Å². The summed E-state index contributed by atoms with van der Waals surface area (Å²) in [6.45, 7) is 7.19. The lowest BCUT2D eigenvalue weighted by Gasteiger charge is -2.47. The van der Waals surface area contributed by atoms with E-state index in [1.165, 1.54) is 0 Å². The van der Waals surface area contributed by atoms with Gasteiger partial charge in [-0.15, -0.1) is 0 Å². The summed E-state index contributed by atoms with van der Waals surface area (Å²) < 4.78 is 5.61. The average Bonchev–Trinajstić information content (AvgIpc) is 2.61. The van der Waals surface area contributed by atoms with Gasteiger partial charge in [-0.1, -0.05) is 0 Å². The predicted octanol–water partition coefficient (Wildman–Crippen LogP) is 4.38. The van der Waals surface area contributed by atoms with Gasteiger partial charge in [-0.05, 0) is 76.5 Å². The summed E-state index contributed by atoms with van der Waals surface area (Å²) in [6, 6.07) is 0. The van der Waals surface area contributed by atoms with Crippen molar-refractivity contribution in [2.24, 2.45) is 23.7 Å². The van der Waals surface area contributed by atoms with Gasteiger partial charge in [0.25, 0.3) is 0 Å². The topological polar surface area (TPSA) is 63.7 Å². The summed E-state index contributed by atoms with van der Waals surface area (Å²) in [5.41, 5.74) is -0.482. The second-order valence-electron chi connectivity index (χ2n) is 9.79. The number of piperidine rings is 1. The number of carbonyl (C=O) groups excluding carboxylic acids is 3. The van der Waals surface area contributed by atoms with Gasteiger partial charge in [0, 0.05) is 38.8 Å². The molecular formula is C22H35NO4. The number of ether oxygens (including phenoxy) is 1. The fourth-order valence-electron chi connectivity index (χ4n) is 5.36. The van der Waals surface area contributed by atoms with Gasteiger partial charge in [0.2, 0.25) is 0 Å². The van der Waals surface area contributed by atoms with Gasteiger partial charge < -0.3 is 9.64 Å².